The molecule has 0 aliphatic carbocycles. The number of rotatable bonds is 6. The van der Waals surface area contributed by atoms with Gasteiger partial charge in [-0.15, -0.1) is 23.5 Å². The van der Waals surface area contributed by atoms with E-state index in [4.69, 9.17) is 4.74 Å². The zero-order valence-corrected chi connectivity index (χ0v) is 11.2. The molecule has 1 aromatic rings. The van der Waals surface area contributed by atoms with E-state index >= 15 is 0 Å². The fraction of sp³-hybridized carbons (Fsp3) is 0.500. The molecule has 84 valence electrons. The Bertz CT molecular complexity index is 283. The van der Waals surface area contributed by atoms with Gasteiger partial charge in [-0.1, -0.05) is 26.0 Å². The van der Waals surface area contributed by atoms with Gasteiger partial charge in [-0.25, -0.2) is 0 Å². The van der Waals surface area contributed by atoms with Crippen molar-refractivity contribution in [2.75, 3.05) is 18.6 Å². The van der Waals surface area contributed by atoms with Gasteiger partial charge in [0, 0.05) is 0 Å². The van der Waals surface area contributed by atoms with Crippen LogP contribution < -0.4 is 4.74 Å². The second-order valence-corrected chi connectivity index (χ2v) is 6.08. The summed E-state index contributed by atoms with van der Waals surface area (Å²) in [6.07, 6.45) is 0. The molecule has 0 heterocycles. The van der Waals surface area contributed by atoms with Crippen LogP contribution in [0.5, 0.6) is 5.75 Å². The first-order chi connectivity index (χ1) is 7.31. The first kappa shape index (κ1) is 12.8. The SMILES string of the molecule is CCSC(SCC)c1cccc(OC)c1. The highest BCUT2D eigenvalue weighted by Crippen LogP contribution is 2.39. The van der Waals surface area contributed by atoms with Gasteiger partial charge in [-0.2, -0.15) is 0 Å². The number of ether oxygens (including phenoxy) is 1. The van der Waals surface area contributed by atoms with E-state index in [-0.39, 0.29) is 0 Å². The Morgan fingerprint density at radius 1 is 1.20 bits per heavy atom. The van der Waals surface area contributed by atoms with E-state index in [1.54, 1.807) is 7.11 Å². The van der Waals surface area contributed by atoms with Gasteiger partial charge in [-0.05, 0) is 29.2 Å². The smallest absolute Gasteiger partial charge is 0.119 e. The van der Waals surface area contributed by atoms with Crippen LogP contribution in [0.25, 0.3) is 0 Å². The van der Waals surface area contributed by atoms with E-state index in [0.29, 0.717) is 4.58 Å². The minimum absolute atomic E-state index is 0.537. The van der Waals surface area contributed by atoms with Gasteiger partial charge in [0.1, 0.15) is 5.75 Å². The molecule has 1 nitrogen and oxygen atoms in total. The molecule has 0 radical (unpaired) electrons. The highest BCUT2D eigenvalue weighted by atomic mass is 32.2. The number of hydrogen-bond acceptors (Lipinski definition) is 3. The van der Waals surface area contributed by atoms with Gasteiger partial charge >= 0.3 is 0 Å². The van der Waals surface area contributed by atoms with Crippen molar-refractivity contribution in [1.29, 1.82) is 0 Å². The van der Waals surface area contributed by atoms with Crippen LogP contribution in [0, 0.1) is 0 Å². The third-order valence-corrected chi connectivity index (χ3v) is 4.64. The maximum absolute atomic E-state index is 5.24. The molecule has 15 heavy (non-hydrogen) atoms. The average molecular weight is 242 g/mol. The molecule has 1 aromatic carbocycles. The van der Waals surface area contributed by atoms with E-state index in [9.17, 15) is 0 Å². The minimum Gasteiger partial charge on any atom is -0.497 e. The van der Waals surface area contributed by atoms with Crippen LogP contribution in [0.15, 0.2) is 24.3 Å². The Morgan fingerprint density at radius 3 is 2.40 bits per heavy atom. The summed E-state index contributed by atoms with van der Waals surface area (Å²) in [4.78, 5) is 0. The lowest BCUT2D eigenvalue weighted by Gasteiger charge is -2.15. The lowest BCUT2D eigenvalue weighted by Crippen LogP contribution is -1.92. The van der Waals surface area contributed by atoms with Crippen molar-refractivity contribution in [3.8, 4) is 5.75 Å². The van der Waals surface area contributed by atoms with Crippen LogP contribution in [0.3, 0.4) is 0 Å². The first-order valence-electron chi connectivity index (χ1n) is 5.19. The van der Waals surface area contributed by atoms with Crippen molar-refractivity contribution in [3.05, 3.63) is 29.8 Å². The largest absolute Gasteiger partial charge is 0.497 e. The Kier molecular flexibility index (Phi) is 6.03. The van der Waals surface area contributed by atoms with E-state index in [1.165, 1.54) is 5.56 Å². The Morgan fingerprint density at radius 2 is 1.87 bits per heavy atom. The molecule has 1 rings (SSSR count). The van der Waals surface area contributed by atoms with Crippen LogP contribution in [-0.2, 0) is 0 Å². The molecule has 0 aliphatic rings. The van der Waals surface area contributed by atoms with Crippen molar-refractivity contribution in [1.82, 2.24) is 0 Å². The predicted octanol–water partition coefficient (Wildman–Crippen LogP) is 4.20. The molecular weight excluding hydrogens is 224 g/mol. The van der Waals surface area contributed by atoms with Crippen molar-refractivity contribution in [2.24, 2.45) is 0 Å². The van der Waals surface area contributed by atoms with Gasteiger partial charge in [0.15, 0.2) is 0 Å². The van der Waals surface area contributed by atoms with Gasteiger partial charge in [0.05, 0.1) is 11.7 Å². The van der Waals surface area contributed by atoms with Crippen LogP contribution in [0.4, 0.5) is 0 Å². The third-order valence-electron chi connectivity index (χ3n) is 2.00. The Labute approximate surface area is 101 Å². The summed E-state index contributed by atoms with van der Waals surface area (Å²) in [6.45, 7) is 4.40. The summed E-state index contributed by atoms with van der Waals surface area (Å²) in [5.74, 6) is 3.25. The van der Waals surface area contributed by atoms with Gasteiger partial charge < -0.3 is 4.74 Å². The molecule has 0 aliphatic heterocycles. The normalized spacial score (nSPS) is 10.7. The zero-order chi connectivity index (χ0) is 11.1. The predicted molar refractivity (Wildman–Crippen MR) is 72.0 cm³/mol. The Balaban J connectivity index is 2.79. The van der Waals surface area contributed by atoms with Crippen molar-refractivity contribution < 1.29 is 4.74 Å². The number of thioether (sulfide) groups is 2. The average Bonchev–Trinajstić information content (AvgIpc) is 2.29. The van der Waals surface area contributed by atoms with Gasteiger partial charge in [-0.3, -0.25) is 0 Å². The minimum atomic E-state index is 0.537. The summed E-state index contributed by atoms with van der Waals surface area (Å²) in [6, 6.07) is 8.37. The van der Waals surface area contributed by atoms with Gasteiger partial charge in [0.25, 0.3) is 0 Å². The van der Waals surface area contributed by atoms with Crippen molar-refractivity contribution in [3.63, 3.8) is 0 Å². The van der Waals surface area contributed by atoms with Crippen LogP contribution >= 0.6 is 23.5 Å². The Hall–Kier alpha value is -0.280. The summed E-state index contributed by atoms with van der Waals surface area (Å²) < 4.78 is 5.78. The first-order valence-corrected chi connectivity index (χ1v) is 7.28. The van der Waals surface area contributed by atoms with Gasteiger partial charge in [0.2, 0.25) is 0 Å². The van der Waals surface area contributed by atoms with Crippen LogP contribution in [0.2, 0.25) is 0 Å². The van der Waals surface area contributed by atoms with E-state index in [0.717, 1.165) is 17.3 Å². The molecular formula is C12H18OS2. The molecule has 0 spiro atoms. The molecule has 0 amide bonds. The highest BCUT2D eigenvalue weighted by molar-refractivity contribution is 8.16. The third kappa shape index (κ3) is 3.99. The molecule has 0 atom stereocenters. The van der Waals surface area contributed by atoms with Crippen LogP contribution in [0.1, 0.15) is 24.0 Å². The summed E-state index contributed by atoms with van der Waals surface area (Å²) >= 11 is 3.96. The fourth-order valence-electron chi connectivity index (χ4n) is 1.33. The molecule has 0 saturated heterocycles. The lowest BCUT2D eigenvalue weighted by molar-refractivity contribution is 0.414. The summed E-state index contributed by atoms with van der Waals surface area (Å²) in [7, 11) is 1.72. The summed E-state index contributed by atoms with van der Waals surface area (Å²) in [5, 5.41) is 0. The second kappa shape index (κ2) is 7.07. The standard InChI is InChI=1S/C12H18OS2/c1-4-14-12(15-5-2)10-7-6-8-11(9-10)13-3/h6-9,12H,4-5H2,1-3H3. The molecule has 0 aromatic heterocycles. The maximum atomic E-state index is 5.24. The summed E-state index contributed by atoms with van der Waals surface area (Å²) in [5.41, 5.74) is 1.35. The molecule has 0 saturated carbocycles. The second-order valence-electron chi connectivity index (χ2n) is 3.02. The molecule has 0 bridgehead atoms. The fourth-order valence-corrected chi connectivity index (χ4v) is 3.82. The number of methoxy groups -OCH3 is 1. The maximum Gasteiger partial charge on any atom is 0.119 e. The molecule has 0 unspecified atom stereocenters. The highest BCUT2D eigenvalue weighted by Gasteiger charge is 2.11. The van der Waals surface area contributed by atoms with Crippen LogP contribution in [-0.4, -0.2) is 18.6 Å². The topological polar surface area (TPSA) is 9.23 Å². The van der Waals surface area contributed by atoms with E-state index in [1.807, 2.05) is 29.6 Å². The number of benzene rings is 1. The number of hydrogen-bond donors (Lipinski definition) is 0. The van der Waals surface area contributed by atoms with E-state index < -0.39 is 0 Å². The molecule has 3 heteroatoms. The van der Waals surface area contributed by atoms with E-state index in [2.05, 4.69) is 32.0 Å². The monoisotopic (exact) mass is 242 g/mol. The van der Waals surface area contributed by atoms with Crippen molar-refractivity contribution in [2.45, 2.75) is 18.4 Å². The molecule has 0 N–H and O–H groups in total. The zero-order valence-electron chi connectivity index (χ0n) is 9.53. The quantitative estimate of drug-likeness (QED) is 0.692. The lowest BCUT2D eigenvalue weighted by atomic mass is 10.2. The van der Waals surface area contributed by atoms with Crippen molar-refractivity contribution >= 4 is 23.5 Å². The molecule has 0 fully saturated rings.